The molecule has 0 unspecified atom stereocenters. The first-order valence-electron chi connectivity index (χ1n) is 11.0. The third kappa shape index (κ3) is 5.00. The van der Waals surface area contributed by atoms with Crippen LogP contribution in [0.25, 0.3) is 0 Å². The van der Waals surface area contributed by atoms with Crippen molar-refractivity contribution in [3.05, 3.63) is 58.2 Å². The Balaban J connectivity index is 2.05. The largest absolute Gasteiger partial charge is 0.468 e. The first-order valence-corrected chi connectivity index (χ1v) is 11.0. The van der Waals surface area contributed by atoms with Crippen LogP contribution in [0.1, 0.15) is 45.6 Å². The van der Waals surface area contributed by atoms with E-state index < -0.39 is 35.4 Å². The average Bonchev–Trinajstić information content (AvgIpc) is 2.75. The van der Waals surface area contributed by atoms with Gasteiger partial charge in [-0.05, 0) is 39.2 Å². The van der Waals surface area contributed by atoms with Crippen LogP contribution in [-0.2, 0) is 28.6 Å². The highest BCUT2D eigenvalue weighted by Gasteiger charge is 2.47. The number of methoxy groups -OCH3 is 1. The van der Waals surface area contributed by atoms with Gasteiger partial charge in [0.05, 0.1) is 31.3 Å². The van der Waals surface area contributed by atoms with Gasteiger partial charge >= 0.3 is 11.9 Å². The van der Waals surface area contributed by atoms with Gasteiger partial charge in [0.1, 0.15) is 18.3 Å². The molecule has 0 fully saturated rings. The third-order valence-corrected chi connectivity index (χ3v) is 5.95. The summed E-state index contributed by atoms with van der Waals surface area (Å²) in [5.74, 6) is -4.70. The maximum absolute atomic E-state index is 15.0. The number of allylic oxidation sites excluding steroid dienone is 3. The smallest absolute Gasteiger partial charge is 0.336 e. The van der Waals surface area contributed by atoms with E-state index in [1.165, 1.54) is 25.3 Å². The van der Waals surface area contributed by atoms with E-state index in [9.17, 15) is 18.8 Å². The number of nitrogens with one attached hydrogen (secondary N) is 1. The minimum absolute atomic E-state index is 0.0133. The highest BCUT2D eigenvalue weighted by atomic mass is 19.1. The van der Waals surface area contributed by atoms with Crippen molar-refractivity contribution >= 4 is 17.7 Å². The Morgan fingerprint density at radius 1 is 1.21 bits per heavy atom. The lowest BCUT2D eigenvalue weighted by molar-refractivity contribution is -0.151. The van der Waals surface area contributed by atoms with Crippen molar-refractivity contribution in [1.82, 2.24) is 5.32 Å². The maximum atomic E-state index is 15.0. The summed E-state index contributed by atoms with van der Waals surface area (Å²) < 4.78 is 30.7. The number of esters is 2. The Bertz CT molecular complexity index is 1010. The van der Waals surface area contributed by atoms with Gasteiger partial charge in [-0.2, -0.15) is 0 Å². The third-order valence-electron chi connectivity index (χ3n) is 5.95. The number of dihydropyridines is 1. The number of benzene rings is 1. The van der Waals surface area contributed by atoms with Gasteiger partial charge < -0.3 is 19.5 Å². The van der Waals surface area contributed by atoms with E-state index in [-0.39, 0.29) is 41.9 Å². The van der Waals surface area contributed by atoms with Crippen molar-refractivity contribution in [3.8, 4) is 0 Å². The Labute approximate surface area is 193 Å². The Kier molecular flexibility index (Phi) is 7.68. The van der Waals surface area contributed by atoms with Crippen LogP contribution in [0.3, 0.4) is 0 Å². The predicted molar refractivity (Wildman–Crippen MR) is 118 cm³/mol. The number of rotatable bonds is 7. The molecule has 2 aliphatic rings. The van der Waals surface area contributed by atoms with Gasteiger partial charge in [0, 0.05) is 22.5 Å². The SMILES string of the molecule is COC(=O)[C@H]1C(=O)C2=C(C[C@@H]1C)NC(C)=C(C(=O)OCCOC(C)C)[C@H]2c1ccccc1F. The normalized spacial score (nSPS) is 22.8. The number of hydrogen-bond acceptors (Lipinski definition) is 7. The summed E-state index contributed by atoms with van der Waals surface area (Å²) in [6.07, 6.45) is 0.366. The van der Waals surface area contributed by atoms with Crippen LogP contribution in [0.4, 0.5) is 4.39 Å². The molecular formula is C25H30FNO6. The summed E-state index contributed by atoms with van der Waals surface area (Å²) in [5, 5.41) is 3.15. The molecular weight excluding hydrogens is 429 g/mol. The van der Waals surface area contributed by atoms with Crippen molar-refractivity contribution < 1.29 is 33.0 Å². The monoisotopic (exact) mass is 459 g/mol. The van der Waals surface area contributed by atoms with Crippen molar-refractivity contribution in [2.24, 2.45) is 11.8 Å². The fourth-order valence-corrected chi connectivity index (χ4v) is 4.47. The highest BCUT2D eigenvalue weighted by Crippen LogP contribution is 2.46. The summed E-state index contributed by atoms with van der Waals surface area (Å²) in [6.45, 7) is 7.45. The van der Waals surface area contributed by atoms with Crippen LogP contribution >= 0.6 is 0 Å². The average molecular weight is 460 g/mol. The summed E-state index contributed by atoms with van der Waals surface area (Å²) in [7, 11) is 1.23. The number of halogens is 1. The summed E-state index contributed by atoms with van der Waals surface area (Å²) in [5.41, 5.74) is 1.56. The van der Waals surface area contributed by atoms with Crippen LogP contribution in [0.5, 0.6) is 0 Å². The van der Waals surface area contributed by atoms with Gasteiger partial charge in [-0.25, -0.2) is 9.18 Å². The van der Waals surface area contributed by atoms with Crippen molar-refractivity contribution in [2.75, 3.05) is 20.3 Å². The van der Waals surface area contributed by atoms with Crippen LogP contribution in [0.2, 0.25) is 0 Å². The van der Waals surface area contributed by atoms with Crippen molar-refractivity contribution in [2.45, 2.75) is 46.1 Å². The van der Waals surface area contributed by atoms with Gasteiger partial charge in [-0.15, -0.1) is 0 Å². The maximum Gasteiger partial charge on any atom is 0.336 e. The highest BCUT2D eigenvalue weighted by molar-refractivity contribution is 6.12. The number of Topliss-reactive ketones (excluding diaryl/α,β-unsaturated/α-hetero) is 1. The molecule has 0 saturated heterocycles. The number of ether oxygens (including phenoxy) is 3. The molecule has 178 valence electrons. The van der Waals surface area contributed by atoms with E-state index in [2.05, 4.69) is 5.32 Å². The van der Waals surface area contributed by atoms with Crippen LogP contribution in [-0.4, -0.2) is 44.1 Å². The van der Waals surface area contributed by atoms with Crippen LogP contribution in [0.15, 0.2) is 46.8 Å². The number of carbonyl (C=O) groups is 3. The fraction of sp³-hybridized carbons (Fsp3) is 0.480. The van der Waals surface area contributed by atoms with E-state index in [1.807, 2.05) is 13.8 Å². The van der Waals surface area contributed by atoms with E-state index in [0.717, 1.165) is 0 Å². The molecule has 0 amide bonds. The van der Waals surface area contributed by atoms with Gasteiger partial charge in [0.2, 0.25) is 0 Å². The Morgan fingerprint density at radius 2 is 1.91 bits per heavy atom. The number of ketones is 1. The molecule has 0 saturated carbocycles. The molecule has 8 heteroatoms. The molecule has 0 aromatic heterocycles. The molecule has 33 heavy (non-hydrogen) atoms. The molecule has 0 spiro atoms. The second-order valence-corrected chi connectivity index (χ2v) is 8.61. The molecule has 7 nitrogen and oxygen atoms in total. The standard InChI is InChI=1S/C25H30FNO6/c1-13(2)32-10-11-33-25(30)20-15(4)27-18-12-14(3)19(24(29)31-5)23(28)22(18)21(20)16-8-6-7-9-17(16)26/h6-9,13-14,19,21,27H,10-12H2,1-5H3/t14-,19+,21+/m0/s1. The van der Waals surface area contributed by atoms with Gasteiger partial charge in [-0.1, -0.05) is 25.1 Å². The second-order valence-electron chi connectivity index (χ2n) is 8.61. The lowest BCUT2D eigenvalue weighted by Gasteiger charge is -2.38. The molecule has 0 bridgehead atoms. The molecule has 1 aliphatic carbocycles. The quantitative estimate of drug-likeness (QED) is 0.380. The van der Waals surface area contributed by atoms with Gasteiger partial charge in [0.15, 0.2) is 5.78 Å². The van der Waals surface area contributed by atoms with Crippen molar-refractivity contribution in [3.63, 3.8) is 0 Å². The molecule has 3 atom stereocenters. The number of carbonyl (C=O) groups excluding carboxylic acids is 3. The van der Waals surface area contributed by atoms with Gasteiger partial charge in [0.25, 0.3) is 0 Å². The fourth-order valence-electron chi connectivity index (χ4n) is 4.47. The lowest BCUT2D eigenvalue weighted by atomic mass is 9.69. The summed E-state index contributed by atoms with van der Waals surface area (Å²) in [6, 6.07) is 6.00. The Hall–Kier alpha value is -3.00. The lowest BCUT2D eigenvalue weighted by Crippen LogP contribution is -2.43. The minimum atomic E-state index is -1.03. The Morgan fingerprint density at radius 3 is 2.55 bits per heavy atom. The van der Waals surface area contributed by atoms with Crippen molar-refractivity contribution in [1.29, 1.82) is 0 Å². The zero-order valence-corrected chi connectivity index (χ0v) is 19.6. The number of hydrogen-bond donors (Lipinski definition) is 1. The molecule has 1 heterocycles. The summed E-state index contributed by atoms with van der Waals surface area (Å²) >= 11 is 0. The zero-order chi connectivity index (χ0) is 24.3. The molecule has 1 aliphatic heterocycles. The molecule has 1 aromatic carbocycles. The van der Waals surface area contributed by atoms with Crippen LogP contribution in [0, 0.1) is 17.7 Å². The van der Waals surface area contributed by atoms with E-state index >= 15 is 0 Å². The second kappa shape index (κ2) is 10.3. The molecule has 1 aromatic rings. The summed E-state index contributed by atoms with van der Waals surface area (Å²) in [4.78, 5) is 39.1. The first-order chi connectivity index (χ1) is 15.7. The van der Waals surface area contributed by atoms with E-state index in [1.54, 1.807) is 19.9 Å². The minimum Gasteiger partial charge on any atom is -0.468 e. The van der Waals surface area contributed by atoms with Crippen LogP contribution < -0.4 is 5.32 Å². The predicted octanol–water partition coefficient (Wildman–Crippen LogP) is 3.41. The van der Waals surface area contributed by atoms with Gasteiger partial charge in [-0.3, -0.25) is 9.59 Å². The van der Waals surface area contributed by atoms with E-state index in [0.29, 0.717) is 17.8 Å². The topological polar surface area (TPSA) is 90.9 Å². The first kappa shape index (κ1) is 24.6. The molecule has 3 rings (SSSR count). The molecule has 1 N–H and O–H groups in total. The van der Waals surface area contributed by atoms with E-state index in [4.69, 9.17) is 14.2 Å². The molecule has 0 radical (unpaired) electrons. The zero-order valence-electron chi connectivity index (χ0n) is 19.6.